The number of aromatic carboxylic acids is 1. The average molecular weight is 262 g/mol. The number of benzene rings is 1. The number of carboxylic acids is 1. The van der Waals surface area contributed by atoms with E-state index in [0.29, 0.717) is 24.1 Å². The molecule has 1 aliphatic rings. The molecule has 1 aromatic rings. The van der Waals surface area contributed by atoms with Crippen LogP contribution in [0.1, 0.15) is 41.6 Å². The normalized spacial score (nSPS) is 23.1. The molecule has 2 rings (SSSR count). The van der Waals surface area contributed by atoms with Gasteiger partial charge in [0.2, 0.25) is 0 Å². The third kappa shape index (κ3) is 3.07. The molecule has 104 valence electrons. The Labute approximate surface area is 114 Å². The highest BCUT2D eigenvalue weighted by molar-refractivity contribution is 5.91. The lowest BCUT2D eigenvalue weighted by Crippen LogP contribution is -2.37. The van der Waals surface area contributed by atoms with Gasteiger partial charge in [-0.15, -0.1) is 0 Å². The summed E-state index contributed by atoms with van der Waals surface area (Å²) < 4.78 is 0. The maximum atomic E-state index is 11.1. The van der Waals surface area contributed by atoms with E-state index in [9.17, 15) is 4.79 Å². The second-order valence-electron chi connectivity index (χ2n) is 5.31. The fourth-order valence-corrected chi connectivity index (χ4v) is 2.90. The number of nitrogens with one attached hydrogen (secondary N) is 1. The molecular formula is C15H22N2O2. The van der Waals surface area contributed by atoms with E-state index in [0.717, 1.165) is 24.1 Å². The maximum absolute atomic E-state index is 11.1. The molecule has 1 fully saturated rings. The molecule has 2 unspecified atom stereocenters. The van der Waals surface area contributed by atoms with Gasteiger partial charge in [-0.3, -0.25) is 0 Å². The van der Waals surface area contributed by atoms with E-state index in [1.54, 1.807) is 12.1 Å². The van der Waals surface area contributed by atoms with E-state index in [4.69, 9.17) is 10.8 Å². The van der Waals surface area contributed by atoms with E-state index >= 15 is 0 Å². The van der Waals surface area contributed by atoms with Crippen LogP contribution in [0.2, 0.25) is 0 Å². The summed E-state index contributed by atoms with van der Waals surface area (Å²) in [5.41, 5.74) is 7.92. The first-order valence-corrected chi connectivity index (χ1v) is 6.93. The zero-order valence-electron chi connectivity index (χ0n) is 11.4. The van der Waals surface area contributed by atoms with Gasteiger partial charge in [-0.2, -0.15) is 0 Å². The van der Waals surface area contributed by atoms with Gasteiger partial charge in [0, 0.05) is 11.7 Å². The zero-order chi connectivity index (χ0) is 13.8. The Morgan fingerprint density at radius 1 is 1.42 bits per heavy atom. The summed E-state index contributed by atoms with van der Waals surface area (Å²) in [7, 11) is 0. The van der Waals surface area contributed by atoms with Gasteiger partial charge in [0.15, 0.2) is 0 Å². The molecule has 1 saturated carbocycles. The molecule has 0 amide bonds. The standard InChI is InChI=1S/C15H22N2O2/c1-10-12(15(18)19)6-4-8-13(10)17-14-7-3-2-5-11(14)9-16/h4,6,8,11,14,17H,2-3,5,7,9,16H2,1H3,(H,18,19). The lowest BCUT2D eigenvalue weighted by Gasteiger charge is -2.32. The SMILES string of the molecule is Cc1c(NC2CCCCC2CN)cccc1C(=O)O. The minimum Gasteiger partial charge on any atom is -0.478 e. The Balaban J connectivity index is 2.18. The molecule has 0 heterocycles. The largest absolute Gasteiger partial charge is 0.478 e. The summed E-state index contributed by atoms with van der Waals surface area (Å²) in [4.78, 5) is 11.1. The lowest BCUT2D eigenvalue weighted by atomic mass is 9.84. The summed E-state index contributed by atoms with van der Waals surface area (Å²) in [5.74, 6) is -0.387. The number of carbonyl (C=O) groups is 1. The van der Waals surface area contributed by atoms with Crippen molar-refractivity contribution in [1.29, 1.82) is 0 Å². The molecule has 0 saturated heterocycles. The van der Waals surface area contributed by atoms with Crippen LogP contribution in [0.5, 0.6) is 0 Å². The molecule has 4 N–H and O–H groups in total. The molecule has 0 aliphatic heterocycles. The van der Waals surface area contributed by atoms with Gasteiger partial charge in [0.1, 0.15) is 0 Å². The maximum Gasteiger partial charge on any atom is 0.336 e. The Kier molecular flexibility index (Phi) is 4.43. The fourth-order valence-electron chi connectivity index (χ4n) is 2.90. The van der Waals surface area contributed by atoms with E-state index in [-0.39, 0.29) is 0 Å². The highest BCUT2D eigenvalue weighted by Crippen LogP contribution is 2.28. The van der Waals surface area contributed by atoms with Crippen LogP contribution in [0.15, 0.2) is 18.2 Å². The Hall–Kier alpha value is -1.55. The summed E-state index contributed by atoms with van der Waals surface area (Å²) >= 11 is 0. The second kappa shape index (κ2) is 6.06. The predicted molar refractivity (Wildman–Crippen MR) is 76.6 cm³/mol. The van der Waals surface area contributed by atoms with Gasteiger partial charge >= 0.3 is 5.97 Å². The topological polar surface area (TPSA) is 75.3 Å². The molecule has 0 radical (unpaired) electrons. The quantitative estimate of drug-likeness (QED) is 0.779. The third-order valence-corrected chi connectivity index (χ3v) is 4.12. The second-order valence-corrected chi connectivity index (χ2v) is 5.31. The van der Waals surface area contributed by atoms with Gasteiger partial charge < -0.3 is 16.2 Å². The van der Waals surface area contributed by atoms with Crippen molar-refractivity contribution >= 4 is 11.7 Å². The van der Waals surface area contributed by atoms with E-state index < -0.39 is 5.97 Å². The van der Waals surface area contributed by atoms with E-state index in [1.165, 1.54) is 12.8 Å². The van der Waals surface area contributed by atoms with Crippen LogP contribution in [0.4, 0.5) is 5.69 Å². The Bertz CT molecular complexity index is 459. The molecule has 0 bridgehead atoms. The number of hydrogen-bond acceptors (Lipinski definition) is 3. The molecule has 0 spiro atoms. The van der Waals surface area contributed by atoms with Crippen LogP contribution >= 0.6 is 0 Å². The van der Waals surface area contributed by atoms with Crippen LogP contribution in [0, 0.1) is 12.8 Å². The summed E-state index contributed by atoms with van der Waals surface area (Å²) in [6.45, 7) is 2.54. The van der Waals surface area contributed by atoms with Crippen molar-refractivity contribution in [3.05, 3.63) is 29.3 Å². The average Bonchev–Trinajstić information content (AvgIpc) is 2.41. The zero-order valence-corrected chi connectivity index (χ0v) is 11.4. The van der Waals surface area contributed by atoms with Crippen LogP contribution < -0.4 is 11.1 Å². The third-order valence-electron chi connectivity index (χ3n) is 4.12. The van der Waals surface area contributed by atoms with Crippen molar-refractivity contribution in [3.8, 4) is 0 Å². The molecule has 1 aromatic carbocycles. The van der Waals surface area contributed by atoms with Gasteiger partial charge in [0.25, 0.3) is 0 Å². The molecule has 2 atom stereocenters. The number of rotatable bonds is 4. The highest BCUT2D eigenvalue weighted by atomic mass is 16.4. The molecule has 1 aliphatic carbocycles. The smallest absolute Gasteiger partial charge is 0.336 e. The van der Waals surface area contributed by atoms with Crippen LogP contribution in [-0.4, -0.2) is 23.7 Å². The van der Waals surface area contributed by atoms with Crippen LogP contribution in [0.25, 0.3) is 0 Å². The molecule has 19 heavy (non-hydrogen) atoms. The molecule has 0 aromatic heterocycles. The Morgan fingerprint density at radius 3 is 2.84 bits per heavy atom. The van der Waals surface area contributed by atoms with Crippen molar-refractivity contribution in [1.82, 2.24) is 0 Å². The highest BCUT2D eigenvalue weighted by Gasteiger charge is 2.24. The summed E-state index contributed by atoms with van der Waals surface area (Å²) in [6.07, 6.45) is 4.73. The van der Waals surface area contributed by atoms with Crippen LogP contribution in [-0.2, 0) is 0 Å². The van der Waals surface area contributed by atoms with Gasteiger partial charge in [0.05, 0.1) is 5.56 Å². The first kappa shape index (κ1) is 13.9. The van der Waals surface area contributed by atoms with Crippen molar-refractivity contribution in [2.75, 3.05) is 11.9 Å². The van der Waals surface area contributed by atoms with Crippen molar-refractivity contribution < 1.29 is 9.90 Å². The summed E-state index contributed by atoms with van der Waals surface area (Å²) in [6, 6.07) is 5.74. The minimum absolute atomic E-state index is 0.362. The van der Waals surface area contributed by atoms with Gasteiger partial charge in [-0.25, -0.2) is 4.79 Å². The van der Waals surface area contributed by atoms with E-state index in [1.807, 2.05) is 13.0 Å². The van der Waals surface area contributed by atoms with Crippen molar-refractivity contribution in [3.63, 3.8) is 0 Å². The predicted octanol–water partition coefficient (Wildman–Crippen LogP) is 2.62. The number of carboxylic acid groups (broad SMARTS) is 1. The minimum atomic E-state index is -0.875. The molecule has 4 heteroatoms. The number of anilines is 1. The van der Waals surface area contributed by atoms with Crippen molar-refractivity contribution in [2.24, 2.45) is 11.7 Å². The van der Waals surface area contributed by atoms with Gasteiger partial charge in [-0.05, 0) is 49.9 Å². The number of hydrogen-bond donors (Lipinski definition) is 3. The first-order chi connectivity index (χ1) is 9.13. The van der Waals surface area contributed by atoms with Crippen LogP contribution in [0.3, 0.4) is 0 Å². The van der Waals surface area contributed by atoms with Gasteiger partial charge in [-0.1, -0.05) is 18.9 Å². The summed E-state index contributed by atoms with van der Waals surface area (Å²) in [5, 5.41) is 12.6. The lowest BCUT2D eigenvalue weighted by molar-refractivity contribution is 0.0696. The fraction of sp³-hybridized carbons (Fsp3) is 0.533. The number of nitrogens with two attached hydrogens (primary N) is 1. The van der Waals surface area contributed by atoms with E-state index in [2.05, 4.69) is 5.32 Å². The van der Waals surface area contributed by atoms with Crippen molar-refractivity contribution in [2.45, 2.75) is 38.6 Å². The Morgan fingerprint density at radius 2 is 2.16 bits per heavy atom. The monoisotopic (exact) mass is 262 g/mol. The first-order valence-electron chi connectivity index (χ1n) is 6.93. The molecule has 4 nitrogen and oxygen atoms in total. The molecular weight excluding hydrogens is 240 g/mol.